The molecule has 0 saturated carbocycles. The summed E-state index contributed by atoms with van der Waals surface area (Å²) in [5.41, 5.74) is 1.99. The highest BCUT2D eigenvalue weighted by Gasteiger charge is 2.38. The van der Waals surface area contributed by atoms with Gasteiger partial charge in [-0.2, -0.15) is 18.6 Å². The van der Waals surface area contributed by atoms with Crippen molar-refractivity contribution in [3.8, 4) is 0 Å². The molecule has 0 amide bonds. The maximum absolute atomic E-state index is 11.7. The topological polar surface area (TPSA) is 26.5 Å². The third-order valence-corrected chi connectivity index (χ3v) is 1.14. The highest BCUT2D eigenvalue weighted by Crippen LogP contribution is 2.29. The van der Waals surface area contributed by atoms with Crippen LogP contribution in [0.5, 0.6) is 0 Å². The second-order valence-corrected chi connectivity index (χ2v) is 1.90. The van der Waals surface area contributed by atoms with Crippen molar-refractivity contribution in [1.29, 1.82) is 0 Å². The predicted octanol–water partition coefficient (Wildman–Crippen LogP) is 1.60. The van der Waals surface area contributed by atoms with Gasteiger partial charge in [0.1, 0.15) is 5.57 Å². The van der Waals surface area contributed by atoms with Crippen molar-refractivity contribution in [1.82, 2.24) is 5.43 Å². The first-order valence-electron chi connectivity index (χ1n) is 2.23. The molecule has 6 heteroatoms. The van der Waals surface area contributed by atoms with E-state index in [-0.39, 0.29) is 0 Å². The van der Waals surface area contributed by atoms with Crippen molar-refractivity contribution in [3.63, 3.8) is 0 Å². The number of hydrogen-bond donors (Lipinski definition) is 0. The van der Waals surface area contributed by atoms with Crippen LogP contribution in [0.1, 0.15) is 0 Å². The van der Waals surface area contributed by atoms with Crippen molar-refractivity contribution in [2.75, 3.05) is 0 Å². The summed E-state index contributed by atoms with van der Waals surface area (Å²) in [7, 11) is 0. The van der Waals surface area contributed by atoms with E-state index < -0.39 is 16.9 Å². The zero-order valence-electron chi connectivity index (χ0n) is 4.48. The van der Waals surface area contributed by atoms with E-state index in [9.17, 15) is 13.2 Å². The van der Waals surface area contributed by atoms with Gasteiger partial charge in [-0.1, -0.05) is 11.6 Å². The van der Waals surface area contributed by atoms with Crippen LogP contribution in [0.3, 0.4) is 0 Å². The van der Waals surface area contributed by atoms with Gasteiger partial charge in [-0.05, 0) is 0 Å². The molecule has 0 aromatic rings. The van der Waals surface area contributed by atoms with Crippen LogP contribution in [0.25, 0.3) is 0 Å². The van der Waals surface area contributed by atoms with Crippen LogP contribution in [-0.2, 0) is 0 Å². The molecular formula is C4HClF3N2. The first-order valence-corrected chi connectivity index (χ1v) is 2.60. The lowest BCUT2D eigenvalue weighted by molar-refractivity contribution is -0.0857. The lowest BCUT2D eigenvalue weighted by atomic mass is 10.3. The molecule has 1 aliphatic heterocycles. The number of halogens is 4. The van der Waals surface area contributed by atoms with Crippen LogP contribution in [-0.4, -0.2) is 11.3 Å². The Morgan fingerprint density at radius 1 is 1.40 bits per heavy atom. The van der Waals surface area contributed by atoms with Gasteiger partial charge in [0.2, 0.25) is 0 Å². The molecule has 0 N–H and O–H groups in total. The Morgan fingerprint density at radius 3 is 2.20 bits per heavy atom. The molecule has 0 aliphatic carbocycles. The normalized spacial score (nSPS) is 18.0. The largest absolute Gasteiger partial charge is 0.420 e. The molecule has 10 heavy (non-hydrogen) atoms. The summed E-state index contributed by atoms with van der Waals surface area (Å²) in [5.74, 6) is 0. The van der Waals surface area contributed by atoms with E-state index in [1.165, 1.54) is 0 Å². The van der Waals surface area contributed by atoms with E-state index in [0.717, 1.165) is 0 Å². The fraction of sp³-hybridized carbons (Fsp3) is 0.250. The molecule has 0 atom stereocenters. The molecule has 0 aromatic carbocycles. The van der Waals surface area contributed by atoms with Crippen LogP contribution in [0.4, 0.5) is 13.2 Å². The number of nitrogens with zero attached hydrogens (tertiary/aromatic N) is 2. The minimum absolute atomic E-state index is 0.586. The molecule has 1 rings (SSSR count). The Kier molecular flexibility index (Phi) is 1.60. The molecular weight excluding hydrogens is 169 g/mol. The molecule has 2 nitrogen and oxygen atoms in total. The Morgan fingerprint density at radius 2 is 2.00 bits per heavy atom. The third kappa shape index (κ3) is 1.23. The van der Waals surface area contributed by atoms with E-state index in [1.54, 1.807) is 0 Å². The smallest absolute Gasteiger partial charge is 0.166 e. The second-order valence-electron chi connectivity index (χ2n) is 1.55. The monoisotopic (exact) mass is 169 g/mol. The van der Waals surface area contributed by atoms with Gasteiger partial charge in [-0.25, -0.2) is 0 Å². The van der Waals surface area contributed by atoms with Crippen LogP contribution in [0.15, 0.2) is 16.9 Å². The highest BCUT2D eigenvalue weighted by atomic mass is 35.5. The van der Waals surface area contributed by atoms with Gasteiger partial charge >= 0.3 is 6.18 Å². The van der Waals surface area contributed by atoms with Gasteiger partial charge in [-0.15, -0.1) is 5.10 Å². The summed E-state index contributed by atoms with van der Waals surface area (Å²) in [5, 5.41) is 2.37. The van der Waals surface area contributed by atoms with Gasteiger partial charge in [0.15, 0.2) is 5.17 Å². The number of allylic oxidation sites excluding steroid dienone is 1. The fourth-order valence-electron chi connectivity index (χ4n) is 0.435. The molecule has 0 fully saturated rings. The van der Waals surface area contributed by atoms with Gasteiger partial charge in [-0.3, -0.25) is 0 Å². The van der Waals surface area contributed by atoms with E-state index >= 15 is 0 Å². The summed E-state index contributed by atoms with van der Waals surface area (Å²) >= 11 is 5.03. The van der Waals surface area contributed by atoms with Crippen molar-refractivity contribution >= 4 is 16.8 Å². The molecule has 1 heterocycles. The quantitative estimate of drug-likeness (QED) is 0.527. The molecule has 1 aliphatic rings. The number of hydrogen-bond acceptors (Lipinski definition) is 1. The molecule has 0 saturated heterocycles. The lowest BCUT2D eigenvalue weighted by Gasteiger charge is -2.03. The van der Waals surface area contributed by atoms with Crippen LogP contribution in [0, 0.1) is 0 Å². The first kappa shape index (κ1) is 7.40. The first-order chi connectivity index (χ1) is 4.52. The Labute approximate surface area is 59.4 Å². The van der Waals surface area contributed by atoms with Gasteiger partial charge in [0.25, 0.3) is 0 Å². The van der Waals surface area contributed by atoms with Gasteiger partial charge in [0, 0.05) is 0 Å². The van der Waals surface area contributed by atoms with Crippen molar-refractivity contribution in [2.24, 2.45) is 5.10 Å². The minimum atomic E-state index is -4.44. The summed E-state index contributed by atoms with van der Waals surface area (Å²) in [4.78, 5) is 0. The van der Waals surface area contributed by atoms with Gasteiger partial charge < -0.3 is 0 Å². The molecule has 0 bridgehead atoms. The average molecular weight is 170 g/mol. The summed E-state index contributed by atoms with van der Waals surface area (Å²) in [6.07, 6.45) is -3.86. The molecule has 0 aromatic heterocycles. The maximum Gasteiger partial charge on any atom is 0.420 e. The third-order valence-electron chi connectivity index (χ3n) is 0.860. The van der Waals surface area contributed by atoms with Crippen molar-refractivity contribution in [2.45, 2.75) is 6.18 Å². The maximum atomic E-state index is 11.7. The zero-order valence-corrected chi connectivity index (χ0v) is 5.24. The number of alkyl halides is 3. The zero-order chi connectivity index (χ0) is 7.78. The highest BCUT2D eigenvalue weighted by molar-refractivity contribution is 6.70. The molecule has 0 spiro atoms. The SMILES string of the molecule is FC(F)(F)C1=C[N]N=C1Cl. The summed E-state index contributed by atoms with van der Waals surface area (Å²) < 4.78 is 35.2. The van der Waals surface area contributed by atoms with Crippen LogP contribution in [0.2, 0.25) is 0 Å². The Hall–Kier alpha value is -0.710. The average Bonchev–Trinajstić information content (AvgIpc) is 2.11. The predicted molar refractivity (Wildman–Crippen MR) is 29.6 cm³/mol. The Balaban J connectivity index is 2.85. The van der Waals surface area contributed by atoms with E-state index in [4.69, 9.17) is 11.6 Å². The molecule has 0 unspecified atom stereocenters. The van der Waals surface area contributed by atoms with Crippen LogP contribution >= 0.6 is 11.6 Å². The van der Waals surface area contributed by atoms with Crippen molar-refractivity contribution < 1.29 is 13.2 Å². The minimum Gasteiger partial charge on any atom is -0.166 e. The van der Waals surface area contributed by atoms with E-state index in [0.29, 0.717) is 6.20 Å². The summed E-state index contributed by atoms with van der Waals surface area (Å²) in [6.45, 7) is 0. The van der Waals surface area contributed by atoms with E-state index in [1.807, 2.05) is 0 Å². The van der Waals surface area contributed by atoms with Crippen LogP contribution < -0.4 is 5.43 Å². The summed E-state index contributed by atoms with van der Waals surface area (Å²) in [6, 6.07) is 0. The van der Waals surface area contributed by atoms with Crippen molar-refractivity contribution in [3.05, 3.63) is 11.8 Å². The standard InChI is InChI=1S/C4HClF3N2/c5-3-2(1-9-10-3)4(6,7)8/h1H. The second kappa shape index (κ2) is 2.16. The molecule has 55 valence electrons. The molecule has 1 radical (unpaired) electrons. The van der Waals surface area contributed by atoms with E-state index in [2.05, 4.69) is 10.5 Å². The van der Waals surface area contributed by atoms with Gasteiger partial charge in [0.05, 0.1) is 6.20 Å². The Bertz CT molecular complexity index is 205. The number of rotatable bonds is 0. The lowest BCUT2D eigenvalue weighted by Crippen LogP contribution is -2.14. The fourth-order valence-corrected chi connectivity index (χ4v) is 0.634.